The average Bonchev–Trinajstić information content (AvgIpc) is 3.43. The molecule has 2 fully saturated rings. The number of morpholine rings is 1. The van der Waals surface area contributed by atoms with Gasteiger partial charge in [0.05, 0.1) is 31.5 Å². The van der Waals surface area contributed by atoms with Gasteiger partial charge in [0.25, 0.3) is 0 Å². The van der Waals surface area contributed by atoms with Gasteiger partial charge in [0.2, 0.25) is 5.95 Å². The van der Waals surface area contributed by atoms with E-state index in [0.29, 0.717) is 18.5 Å². The Balaban J connectivity index is 1.24. The van der Waals surface area contributed by atoms with Crippen LogP contribution in [0, 0.1) is 0 Å². The van der Waals surface area contributed by atoms with Crippen LogP contribution >= 0.6 is 0 Å². The van der Waals surface area contributed by atoms with Crippen molar-refractivity contribution in [1.82, 2.24) is 15.0 Å². The first kappa shape index (κ1) is 24.8. The molecule has 1 N–H and O–H groups in total. The van der Waals surface area contributed by atoms with Crippen LogP contribution in [0.5, 0.6) is 0 Å². The van der Waals surface area contributed by atoms with Crippen molar-refractivity contribution >= 4 is 29.0 Å². The minimum absolute atomic E-state index is 0.191. The van der Waals surface area contributed by atoms with Crippen molar-refractivity contribution in [1.29, 1.82) is 0 Å². The van der Waals surface area contributed by atoms with Crippen molar-refractivity contribution < 1.29 is 9.47 Å². The Hall–Kier alpha value is -3.23. The topological polar surface area (TPSA) is 75.6 Å². The van der Waals surface area contributed by atoms with Gasteiger partial charge in [0.1, 0.15) is 11.6 Å². The smallest absolute Gasteiger partial charge is 0.229 e. The van der Waals surface area contributed by atoms with Gasteiger partial charge in [-0.1, -0.05) is 19.9 Å². The molecule has 4 aliphatic rings. The summed E-state index contributed by atoms with van der Waals surface area (Å²) in [6, 6.07) is 13.2. The van der Waals surface area contributed by atoms with E-state index < -0.39 is 0 Å². The van der Waals surface area contributed by atoms with Crippen molar-refractivity contribution in [3.05, 3.63) is 59.4 Å². The van der Waals surface area contributed by atoms with Crippen LogP contribution in [0.1, 0.15) is 63.3 Å². The summed E-state index contributed by atoms with van der Waals surface area (Å²) >= 11 is 0. The normalized spacial score (nSPS) is 27.2. The summed E-state index contributed by atoms with van der Waals surface area (Å²) in [5.74, 6) is 3.00. The Morgan fingerprint density at radius 3 is 2.59 bits per heavy atom. The molecule has 0 radical (unpaired) electrons. The van der Waals surface area contributed by atoms with Gasteiger partial charge < -0.3 is 24.6 Å². The highest BCUT2D eigenvalue weighted by molar-refractivity contribution is 5.71. The first-order valence-electron chi connectivity index (χ1n) is 14.3. The van der Waals surface area contributed by atoms with Gasteiger partial charge in [-0.25, -0.2) is 9.97 Å². The highest BCUT2D eigenvalue weighted by Gasteiger charge is 2.55. The van der Waals surface area contributed by atoms with Gasteiger partial charge in [0.15, 0.2) is 0 Å². The Kier molecular flexibility index (Phi) is 5.83. The van der Waals surface area contributed by atoms with E-state index in [2.05, 4.69) is 79.2 Å². The van der Waals surface area contributed by atoms with E-state index in [1.165, 1.54) is 23.4 Å². The minimum atomic E-state index is -0.217. The lowest BCUT2D eigenvalue weighted by atomic mass is 9.73. The largest absolute Gasteiger partial charge is 0.378 e. The minimum Gasteiger partial charge on any atom is -0.378 e. The Morgan fingerprint density at radius 2 is 1.79 bits per heavy atom. The van der Waals surface area contributed by atoms with Crippen LogP contribution < -0.4 is 15.1 Å². The zero-order valence-corrected chi connectivity index (χ0v) is 23.4. The number of hydrogen-bond acceptors (Lipinski definition) is 8. The van der Waals surface area contributed by atoms with Gasteiger partial charge in [-0.2, -0.15) is 4.98 Å². The molecule has 204 valence electrons. The molecule has 3 aliphatic heterocycles. The SMILES string of the molecule is C[C@H]1CCc2ccc(N3c4nc(Nc5ccc(N6CCOCC6)cc5)ncc4[C@@]4(C)COC(C)(C)C[C@@H]34)nc21. The molecule has 1 aromatic carbocycles. The molecule has 8 nitrogen and oxygen atoms in total. The monoisotopic (exact) mass is 526 g/mol. The fourth-order valence-electron chi connectivity index (χ4n) is 6.74. The number of pyridine rings is 1. The third-order valence-corrected chi connectivity index (χ3v) is 9.16. The maximum absolute atomic E-state index is 6.37. The van der Waals surface area contributed by atoms with Crippen molar-refractivity contribution in [3.8, 4) is 0 Å². The zero-order chi connectivity index (χ0) is 26.8. The van der Waals surface area contributed by atoms with Crippen molar-refractivity contribution in [2.75, 3.05) is 48.0 Å². The number of nitrogens with one attached hydrogen (secondary N) is 1. The molecular formula is C31H38N6O2. The van der Waals surface area contributed by atoms with Crippen LogP contribution in [-0.2, 0) is 21.3 Å². The van der Waals surface area contributed by atoms with Gasteiger partial charge >= 0.3 is 0 Å². The predicted molar refractivity (Wildman–Crippen MR) is 154 cm³/mol. The molecule has 0 spiro atoms. The van der Waals surface area contributed by atoms with Gasteiger partial charge in [0, 0.05) is 47.3 Å². The fourth-order valence-corrected chi connectivity index (χ4v) is 6.74. The molecule has 5 heterocycles. The molecule has 3 atom stereocenters. The van der Waals surface area contributed by atoms with Crippen LogP contribution in [0.25, 0.3) is 0 Å². The fraction of sp³-hybridized carbons (Fsp3) is 0.516. The molecule has 2 aromatic heterocycles. The zero-order valence-electron chi connectivity index (χ0n) is 23.4. The average molecular weight is 527 g/mol. The second-order valence-corrected chi connectivity index (χ2v) is 12.4. The van der Waals surface area contributed by atoms with Gasteiger partial charge in [-0.05, 0) is 74.9 Å². The van der Waals surface area contributed by atoms with E-state index in [4.69, 9.17) is 24.4 Å². The first-order chi connectivity index (χ1) is 18.8. The Bertz CT molecular complexity index is 1390. The maximum Gasteiger partial charge on any atom is 0.229 e. The van der Waals surface area contributed by atoms with E-state index in [9.17, 15) is 0 Å². The number of aryl methyl sites for hydroxylation is 1. The Morgan fingerprint density at radius 1 is 1.00 bits per heavy atom. The molecular weight excluding hydrogens is 488 g/mol. The molecule has 1 aliphatic carbocycles. The van der Waals surface area contributed by atoms with Crippen molar-refractivity contribution in [2.24, 2.45) is 0 Å². The summed E-state index contributed by atoms with van der Waals surface area (Å²) < 4.78 is 11.9. The van der Waals surface area contributed by atoms with Crippen molar-refractivity contribution in [2.45, 2.75) is 69.9 Å². The number of anilines is 5. The van der Waals surface area contributed by atoms with Crippen LogP contribution in [0.15, 0.2) is 42.6 Å². The summed E-state index contributed by atoms with van der Waals surface area (Å²) in [5.41, 5.74) is 5.50. The van der Waals surface area contributed by atoms with Gasteiger partial charge in [-0.3, -0.25) is 0 Å². The summed E-state index contributed by atoms with van der Waals surface area (Å²) in [4.78, 5) is 19.9. The number of fused-ring (bicyclic) bond motifs is 4. The van der Waals surface area contributed by atoms with E-state index in [1.807, 2.05) is 6.20 Å². The molecule has 0 saturated carbocycles. The number of ether oxygens (including phenoxy) is 2. The maximum atomic E-state index is 6.37. The standard InChI is InChI=1S/C31H38N6O2/c1-20-5-6-21-7-12-26(34-27(20)21)37-25-17-30(2,3)39-19-31(25,4)24-18-32-29(35-28(24)37)33-22-8-10-23(11-9-22)36-13-15-38-16-14-36/h7-12,18,20,25H,5-6,13-17,19H2,1-4H3,(H,32,33,35)/t20-,25+,31+/m0/s1. The number of aromatic nitrogens is 3. The number of hydrogen-bond donors (Lipinski definition) is 1. The van der Waals surface area contributed by atoms with E-state index >= 15 is 0 Å². The molecule has 3 aromatic rings. The number of nitrogens with zero attached hydrogens (tertiary/aromatic N) is 5. The highest BCUT2D eigenvalue weighted by Crippen LogP contribution is 2.53. The molecule has 7 rings (SSSR count). The number of rotatable bonds is 4. The van der Waals surface area contributed by atoms with Crippen LogP contribution in [0.4, 0.5) is 29.0 Å². The van der Waals surface area contributed by atoms with Crippen LogP contribution in [0.2, 0.25) is 0 Å². The van der Waals surface area contributed by atoms with Crippen molar-refractivity contribution in [3.63, 3.8) is 0 Å². The molecule has 0 unspecified atom stereocenters. The summed E-state index contributed by atoms with van der Waals surface area (Å²) in [5, 5.41) is 3.45. The van der Waals surface area contributed by atoms with E-state index in [-0.39, 0.29) is 17.1 Å². The van der Waals surface area contributed by atoms with E-state index in [1.54, 1.807) is 0 Å². The summed E-state index contributed by atoms with van der Waals surface area (Å²) in [6.07, 6.45) is 5.17. The predicted octanol–water partition coefficient (Wildman–Crippen LogP) is 5.48. The highest BCUT2D eigenvalue weighted by atomic mass is 16.5. The lowest BCUT2D eigenvalue weighted by Crippen LogP contribution is -2.54. The van der Waals surface area contributed by atoms with Crippen LogP contribution in [-0.4, -0.2) is 59.5 Å². The van der Waals surface area contributed by atoms with Gasteiger partial charge in [-0.15, -0.1) is 0 Å². The molecule has 0 bridgehead atoms. The quantitative estimate of drug-likeness (QED) is 0.479. The Labute approximate surface area is 230 Å². The van der Waals surface area contributed by atoms with E-state index in [0.717, 1.165) is 62.0 Å². The summed E-state index contributed by atoms with van der Waals surface area (Å²) in [7, 11) is 0. The number of benzene rings is 1. The third kappa shape index (κ3) is 4.25. The third-order valence-electron chi connectivity index (χ3n) is 9.16. The van der Waals surface area contributed by atoms with Crippen LogP contribution in [0.3, 0.4) is 0 Å². The second-order valence-electron chi connectivity index (χ2n) is 12.4. The second kappa shape index (κ2) is 9.17. The summed E-state index contributed by atoms with van der Waals surface area (Å²) in [6.45, 7) is 13.0. The first-order valence-corrected chi connectivity index (χ1v) is 14.3. The molecule has 8 heteroatoms. The molecule has 2 saturated heterocycles. The molecule has 0 amide bonds. The molecule has 39 heavy (non-hydrogen) atoms. The lowest BCUT2D eigenvalue weighted by Gasteiger charge is -2.46. The lowest BCUT2D eigenvalue weighted by molar-refractivity contribution is -0.0893.